The zero-order chi connectivity index (χ0) is 13.7. The van der Waals surface area contributed by atoms with Gasteiger partial charge in [0, 0.05) is 24.1 Å². The van der Waals surface area contributed by atoms with Gasteiger partial charge in [0.25, 0.3) is 0 Å². The van der Waals surface area contributed by atoms with E-state index in [1.165, 1.54) is 0 Å². The first-order valence-corrected chi connectivity index (χ1v) is 6.57. The van der Waals surface area contributed by atoms with E-state index in [0.717, 1.165) is 16.5 Å². The fraction of sp³-hybridized carbons (Fsp3) is 0.400. The van der Waals surface area contributed by atoms with Crippen molar-refractivity contribution in [3.8, 4) is 5.88 Å². The molecular weight excluding hydrogens is 240 g/mol. The maximum atomic E-state index is 5.83. The molecule has 1 unspecified atom stereocenters. The predicted molar refractivity (Wildman–Crippen MR) is 76.2 cm³/mol. The molecule has 0 spiro atoms. The van der Waals surface area contributed by atoms with E-state index in [2.05, 4.69) is 4.98 Å². The van der Waals surface area contributed by atoms with Crippen molar-refractivity contribution in [2.75, 3.05) is 13.2 Å². The lowest BCUT2D eigenvalue weighted by atomic mass is 10.1. The third-order valence-electron chi connectivity index (χ3n) is 2.85. The molecule has 0 aliphatic carbocycles. The molecule has 4 heteroatoms. The molecule has 102 valence electrons. The number of benzene rings is 1. The molecule has 0 aliphatic heterocycles. The third kappa shape index (κ3) is 3.43. The lowest BCUT2D eigenvalue weighted by molar-refractivity contribution is 0.0630. The molecule has 2 N–H and O–H groups in total. The Morgan fingerprint density at radius 3 is 2.84 bits per heavy atom. The number of hydrogen-bond acceptors (Lipinski definition) is 4. The number of nitrogens with zero attached hydrogens (tertiary/aromatic N) is 1. The van der Waals surface area contributed by atoms with Gasteiger partial charge in [-0.15, -0.1) is 0 Å². The van der Waals surface area contributed by atoms with Gasteiger partial charge in [0.2, 0.25) is 5.88 Å². The van der Waals surface area contributed by atoms with Gasteiger partial charge in [0.1, 0.15) is 6.10 Å². The highest BCUT2D eigenvalue weighted by atomic mass is 16.5. The third-order valence-corrected chi connectivity index (χ3v) is 2.85. The molecule has 19 heavy (non-hydrogen) atoms. The van der Waals surface area contributed by atoms with Gasteiger partial charge in [0.15, 0.2) is 0 Å². The molecule has 0 radical (unpaired) electrons. The highest BCUT2D eigenvalue weighted by Crippen LogP contribution is 2.22. The van der Waals surface area contributed by atoms with Crippen molar-refractivity contribution in [2.24, 2.45) is 5.73 Å². The van der Waals surface area contributed by atoms with Crippen LogP contribution in [-0.2, 0) is 11.3 Å². The molecule has 2 aromatic rings. The predicted octanol–water partition coefficient (Wildman–Crippen LogP) is 2.50. The van der Waals surface area contributed by atoms with Gasteiger partial charge in [-0.05, 0) is 26.0 Å². The summed E-state index contributed by atoms with van der Waals surface area (Å²) < 4.78 is 11.2. The summed E-state index contributed by atoms with van der Waals surface area (Å²) in [6.07, 6.45) is -0.0427. The Morgan fingerprint density at radius 2 is 2.11 bits per heavy atom. The molecule has 0 saturated heterocycles. The van der Waals surface area contributed by atoms with Crippen molar-refractivity contribution >= 4 is 10.9 Å². The number of nitrogens with two attached hydrogens (primary N) is 1. The first kappa shape index (κ1) is 13.8. The van der Waals surface area contributed by atoms with Crippen molar-refractivity contribution in [3.63, 3.8) is 0 Å². The number of pyridine rings is 1. The average molecular weight is 260 g/mol. The summed E-state index contributed by atoms with van der Waals surface area (Å²) >= 11 is 0. The van der Waals surface area contributed by atoms with Crippen LogP contribution in [-0.4, -0.2) is 24.3 Å². The molecular formula is C15H20N2O2. The van der Waals surface area contributed by atoms with E-state index in [9.17, 15) is 0 Å². The molecule has 0 amide bonds. The Labute approximate surface area is 113 Å². The quantitative estimate of drug-likeness (QED) is 0.867. The average Bonchev–Trinajstić information content (AvgIpc) is 2.44. The van der Waals surface area contributed by atoms with Crippen molar-refractivity contribution in [1.82, 2.24) is 4.98 Å². The largest absolute Gasteiger partial charge is 0.472 e. The molecule has 0 bridgehead atoms. The molecule has 1 aromatic carbocycles. The monoisotopic (exact) mass is 260 g/mol. The van der Waals surface area contributed by atoms with Crippen LogP contribution in [0.25, 0.3) is 10.9 Å². The Hall–Kier alpha value is -1.65. The maximum absolute atomic E-state index is 5.83. The standard InChI is InChI=1S/C15H20N2O2/c1-3-18-10-11(2)19-15-13(9-16)8-12-6-4-5-7-14(12)17-15/h4-8,11H,3,9-10,16H2,1-2H3. The fourth-order valence-electron chi connectivity index (χ4n) is 1.90. The highest BCUT2D eigenvalue weighted by Gasteiger charge is 2.11. The molecule has 4 nitrogen and oxygen atoms in total. The SMILES string of the molecule is CCOCC(C)Oc1nc2ccccc2cc1CN. The van der Waals surface area contributed by atoms with Gasteiger partial charge < -0.3 is 15.2 Å². The van der Waals surface area contributed by atoms with Gasteiger partial charge >= 0.3 is 0 Å². The number of ether oxygens (including phenoxy) is 2. The Morgan fingerprint density at radius 1 is 1.32 bits per heavy atom. The Bertz CT molecular complexity index is 543. The topological polar surface area (TPSA) is 57.4 Å². The first-order chi connectivity index (χ1) is 9.24. The van der Waals surface area contributed by atoms with Crippen molar-refractivity contribution < 1.29 is 9.47 Å². The molecule has 1 heterocycles. The molecule has 1 aromatic heterocycles. The van der Waals surface area contributed by atoms with Crippen LogP contribution in [0.4, 0.5) is 0 Å². The van der Waals surface area contributed by atoms with Gasteiger partial charge in [-0.3, -0.25) is 0 Å². The van der Waals surface area contributed by atoms with Crippen LogP contribution in [0.5, 0.6) is 5.88 Å². The second-order valence-corrected chi connectivity index (χ2v) is 4.44. The molecule has 1 atom stereocenters. The lowest BCUT2D eigenvalue weighted by Crippen LogP contribution is -2.20. The van der Waals surface area contributed by atoms with Crippen LogP contribution in [0, 0.1) is 0 Å². The van der Waals surface area contributed by atoms with Crippen molar-refractivity contribution in [1.29, 1.82) is 0 Å². The number of rotatable bonds is 6. The van der Waals surface area contributed by atoms with E-state index in [0.29, 0.717) is 25.6 Å². The lowest BCUT2D eigenvalue weighted by Gasteiger charge is -2.16. The Balaban J connectivity index is 2.25. The number of fused-ring (bicyclic) bond motifs is 1. The van der Waals surface area contributed by atoms with E-state index >= 15 is 0 Å². The Kier molecular flexibility index (Phi) is 4.71. The van der Waals surface area contributed by atoms with Crippen LogP contribution in [0.1, 0.15) is 19.4 Å². The zero-order valence-corrected chi connectivity index (χ0v) is 11.4. The van der Waals surface area contributed by atoms with Gasteiger partial charge in [-0.2, -0.15) is 0 Å². The summed E-state index contributed by atoms with van der Waals surface area (Å²) in [6.45, 7) is 5.57. The van der Waals surface area contributed by atoms with Crippen LogP contribution in [0.3, 0.4) is 0 Å². The van der Waals surface area contributed by atoms with Crippen LogP contribution >= 0.6 is 0 Å². The minimum atomic E-state index is -0.0427. The summed E-state index contributed by atoms with van der Waals surface area (Å²) in [4.78, 5) is 4.54. The first-order valence-electron chi connectivity index (χ1n) is 6.57. The molecule has 0 aliphatic rings. The van der Waals surface area contributed by atoms with E-state index in [1.807, 2.05) is 44.2 Å². The fourth-order valence-corrected chi connectivity index (χ4v) is 1.90. The number of hydrogen-bond donors (Lipinski definition) is 1. The van der Waals surface area contributed by atoms with Crippen LogP contribution in [0.15, 0.2) is 30.3 Å². The number of para-hydroxylation sites is 1. The minimum Gasteiger partial charge on any atom is -0.472 e. The van der Waals surface area contributed by atoms with Gasteiger partial charge in [-0.25, -0.2) is 4.98 Å². The van der Waals surface area contributed by atoms with Crippen LogP contribution in [0.2, 0.25) is 0 Å². The molecule has 2 rings (SSSR count). The van der Waals surface area contributed by atoms with Crippen molar-refractivity contribution in [3.05, 3.63) is 35.9 Å². The summed E-state index contributed by atoms with van der Waals surface area (Å²) in [5.41, 5.74) is 7.60. The van der Waals surface area contributed by atoms with Crippen molar-refractivity contribution in [2.45, 2.75) is 26.5 Å². The van der Waals surface area contributed by atoms with Gasteiger partial charge in [-0.1, -0.05) is 18.2 Å². The summed E-state index contributed by atoms with van der Waals surface area (Å²) in [5.74, 6) is 0.605. The molecule has 0 fully saturated rings. The van der Waals surface area contributed by atoms with E-state index in [4.69, 9.17) is 15.2 Å². The maximum Gasteiger partial charge on any atom is 0.218 e. The van der Waals surface area contributed by atoms with E-state index in [1.54, 1.807) is 0 Å². The van der Waals surface area contributed by atoms with Gasteiger partial charge in [0.05, 0.1) is 12.1 Å². The molecule has 0 saturated carbocycles. The highest BCUT2D eigenvalue weighted by molar-refractivity contribution is 5.80. The zero-order valence-electron chi connectivity index (χ0n) is 11.4. The van der Waals surface area contributed by atoms with E-state index < -0.39 is 0 Å². The number of aromatic nitrogens is 1. The smallest absolute Gasteiger partial charge is 0.218 e. The normalized spacial score (nSPS) is 12.6. The summed E-state index contributed by atoms with van der Waals surface area (Å²) in [7, 11) is 0. The minimum absolute atomic E-state index is 0.0427. The summed E-state index contributed by atoms with van der Waals surface area (Å²) in [6, 6.07) is 9.98. The summed E-state index contributed by atoms with van der Waals surface area (Å²) in [5, 5.41) is 1.08. The second-order valence-electron chi connectivity index (χ2n) is 4.44. The van der Waals surface area contributed by atoms with E-state index in [-0.39, 0.29) is 6.10 Å². The second kappa shape index (κ2) is 6.50. The van der Waals surface area contributed by atoms with Crippen LogP contribution < -0.4 is 10.5 Å².